The van der Waals surface area contributed by atoms with Gasteiger partial charge >= 0.3 is 6.03 Å². The summed E-state index contributed by atoms with van der Waals surface area (Å²) in [4.78, 5) is 31.5. The minimum atomic E-state index is -0.691. The van der Waals surface area contributed by atoms with Crippen molar-refractivity contribution in [2.24, 2.45) is 0 Å². The van der Waals surface area contributed by atoms with Gasteiger partial charge in [-0.1, -0.05) is 30.3 Å². The molecule has 2 aromatic carbocycles. The molecule has 3 heterocycles. The Balaban J connectivity index is 1.18. The van der Waals surface area contributed by atoms with E-state index in [1.807, 2.05) is 54.6 Å². The molecule has 0 aliphatic carbocycles. The van der Waals surface area contributed by atoms with E-state index >= 15 is 0 Å². The number of hydrogen-bond acceptors (Lipinski definition) is 5. The average Bonchev–Trinajstić information content (AvgIpc) is 2.82. The van der Waals surface area contributed by atoms with Crippen LogP contribution in [-0.2, 0) is 4.79 Å². The molecule has 8 nitrogen and oxygen atoms in total. The van der Waals surface area contributed by atoms with Crippen molar-refractivity contribution in [2.45, 2.75) is 18.4 Å². The highest BCUT2D eigenvalue weighted by atomic mass is 16.5. The Labute approximate surface area is 185 Å². The number of piperidine rings is 1. The van der Waals surface area contributed by atoms with Gasteiger partial charge in [-0.15, -0.1) is 0 Å². The Kier molecular flexibility index (Phi) is 5.10. The first-order chi connectivity index (χ1) is 15.6. The van der Waals surface area contributed by atoms with Gasteiger partial charge < -0.3 is 25.6 Å². The van der Waals surface area contributed by atoms with Crippen molar-refractivity contribution < 1.29 is 14.3 Å². The van der Waals surface area contributed by atoms with E-state index in [0.717, 1.165) is 11.4 Å². The van der Waals surface area contributed by atoms with E-state index in [2.05, 4.69) is 20.9 Å². The summed E-state index contributed by atoms with van der Waals surface area (Å²) in [6.45, 7) is 0.939. The molecule has 1 spiro atoms. The van der Waals surface area contributed by atoms with Gasteiger partial charge in [0.25, 0.3) is 0 Å². The maximum atomic E-state index is 12.8. The average molecular weight is 429 g/mol. The number of anilines is 3. The lowest BCUT2D eigenvalue weighted by Crippen LogP contribution is -2.59. The molecule has 3 N–H and O–H groups in total. The smallest absolute Gasteiger partial charge is 0.321 e. The summed E-state index contributed by atoms with van der Waals surface area (Å²) in [5.41, 5.74) is 1.59. The highest BCUT2D eigenvalue weighted by Gasteiger charge is 2.45. The van der Waals surface area contributed by atoms with Crippen LogP contribution in [0.25, 0.3) is 0 Å². The zero-order valence-electron chi connectivity index (χ0n) is 17.4. The number of fused-ring (bicyclic) bond motifs is 1. The molecule has 2 aliphatic heterocycles. The first-order valence-corrected chi connectivity index (χ1v) is 10.5. The van der Waals surface area contributed by atoms with Crippen molar-refractivity contribution in [2.75, 3.05) is 29.0 Å². The molecule has 1 aromatic heterocycles. The Hall–Kier alpha value is -4.07. The van der Waals surface area contributed by atoms with Gasteiger partial charge in [0, 0.05) is 19.2 Å². The van der Waals surface area contributed by atoms with Gasteiger partial charge in [-0.3, -0.25) is 4.79 Å². The molecular weight excluding hydrogens is 406 g/mol. The lowest BCUT2D eigenvalue weighted by atomic mass is 9.84. The van der Waals surface area contributed by atoms with Crippen LogP contribution in [0.1, 0.15) is 12.8 Å². The number of nitrogens with zero attached hydrogens (tertiary/aromatic N) is 2. The molecule has 1 saturated heterocycles. The van der Waals surface area contributed by atoms with Crippen molar-refractivity contribution >= 4 is 29.0 Å². The van der Waals surface area contributed by atoms with Crippen LogP contribution >= 0.6 is 0 Å². The molecule has 0 atom stereocenters. The second kappa shape index (κ2) is 8.22. The van der Waals surface area contributed by atoms with Crippen LogP contribution in [0.5, 0.6) is 11.6 Å². The summed E-state index contributed by atoms with van der Waals surface area (Å²) < 4.78 is 5.67. The van der Waals surface area contributed by atoms with E-state index < -0.39 is 5.54 Å². The topological polar surface area (TPSA) is 95.6 Å². The highest BCUT2D eigenvalue weighted by Crippen LogP contribution is 2.36. The van der Waals surface area contributed by atoms with Gasteiger partial charge in [-0.05, 0) is 43.2 Å². The molecule has 0 saturated carbocycles. The number of aromatic nitrogens is 1. The fourth-order valence-electron chi connectivity index (χ4n) is 4.03. The largest absolute Gasteiger partial charge is 0.439 e. The molecule has 3 aromatic rings. The molecular formula is C24H23N5O3. The number of para-hydroxylation sites is 3. The number of hydrogen-bond donors (Lipinski definition) is 3. The van der Waals surface area contributed by atoms with E-state index in [4.69, 9.17) is 4.74 Å². The lowest BCUT2D eigenvalue weighted by Gasteiger charge is -2.44. The summed E-state index contributed by atoms with van der Waals surface area (Å²) in [5, 5.41) is 9.26. The Morgan fingerprint density at radius 1 is 0.969 bits per heavy atom. The Morgan fingerprint density at radius 3 is 2.41 bits per heavy atom. The van der Waals surface area contributed by atoms with Crippen molar-refractivity contribution in [1.29, 1.82) is 0 Å². The van der Waals surface area contributed by atoms with Crippen LogP contribution in [0.15, 0.2) is 72.9 Å². The summed E-state index contributed by atoms with van der Waals surface area (Å²) >= 11 is 0. The van der Waals surface area contributed by atoms with Crippen molar-refractivity contribution in [1.82, 2.24) is 9.88 Å². The maximum Gasteiger partial charge on any atom is 0.321 e. The Morgan fingerprint density at radius 2 is 1.69 bits per heavy atom. The zero-order chi connectivity index (χ0) is 22.0. The number of ether oxygens (including phenoxy) is 1. The number of urea groups is 1. The third-order valence-electron chi connectivity index (χ3n) is 5.84. The van der Waals surface area contributed by atoms with Gasteiger partial charge in [-0.2, -0.15) is 0 Å². The van der Waals surface area contributed by atoms with Gasteiger partial charge in [0.05, 0.1) is 23.3 Å². The summed E-state index contributed by atoms with van der Waals surface area (Å²) in [7, 11) is 0. The number of pyridine rings is 1. The summed E-state index contributed by atoms with van der Waals surface area (Å²) in [5.74, 6) is 1.10. The SMILES string of the molecule is O=C(Nc1ccc(Oc2ccccc2)nc1)N1CCC2(CC1)Nc1ccccc1NC2=O. The third kappa shape index (κ3) is 3.94. The van der Waals surface area contributed by atoms with Gasteiger partial charge in [0.2, 0.25) is 11.8 Å². The quantitative estimate of drug-likeness (QED) is 0.577. The zero-order valence-corrected chi connectivity index (χ0v) is 17.4. The summed E-state index contributed by atoms with van der Waals surface area (Å²) in [6, 6.07) is 20.3. The number of likely N-dealkylation sites (tertiary alicyclic amines) is 1. The molecule has 0 radical (unpaired) electrons. The molecule has 2 aliphatic rings. The number of rotatable bonds is 3. The monoisotopic (exact) mass is 429 g/mol. The van der Waals surface area contributed by atoms with Crippen LogP contribution < -0.4 is 20.7 Å². The molecule has 8 heteroatoms. The number of nitrogens with one attached hydrogen (secondary N) is 3. The van der Waals surface area contributed by atoms with Crippen LogP contribution in [-0.4, -0.2) is 40.5 Å². The van der Waals surface area contributed by atoms with Gasteiger partial charge in [-0.25, -0.2) is 9.78 Å². The fourth-order valence-corrected chi connectivity index (χ4v) is 4.03. The number of amides is 3. The number of carbonyl (C=O) groups excluding carboxylic acids is 2. The first-order valence-electron chi connectivity index (χ1n) is 10.5. The minimum absolute atomic E-state index is 0.0468. The van der Waals surface area contributed by atoms with Crippen molar-refractivity contribution in [3.63, 3.8) is 0 Å². The second-order valence-corrected chi connectivity index (χ2v) is 7.92. The van der Waals surface area contributed by atoms with Gasteiger partial charge in [0.1, 0.15) is 11.3 Å². The molecule has 5 rings (SSSR count). The van der Waals surface area contributed by atoms with E-state index in [9.17, 15) is 9.59 Å². The van der Waals surface area contributed by atoms with E-state index in [1.54, 1.807) is 23.2 Å². The van der Waals surface area contributed by atoms with Crippen LogP contribution in [0.2, 0.25) is 0 Å². The van der Waals surface area contributed by atoms with E-state index in [0.29, 0.717) is 43.2 Å². The van der Waals surface area contributed by atoms with Crippen molar-refractivity contribution in [3.05, 3.63) is 72.9 Å². The summed E-state index contributed by atoms with van der Waals surface area (Å²) in [6.07, 6.45) is 2.63. The molecule has 1 fully saturated rings. The molecule has 162 valence electrons. The predicted molar refractivity (Wildman–Crippen MR) is 122 cm³/mol. The molecule has 32 heavy (non-hydrogen) atoms. The fraction of sp³-hybridized carbons (Fsp3) is 0.208. The van der Waals surface area contributed by atoms with Crippen LogP contribution in [0.3, 0.4) is 0 Å². The molecule has 3 amide bonds. The number of carbonyl (C=O) groups is 2. The predicted octanol–water partition coefficient (Wildman–Crippen LogP) is 4.30. The normalized spacial score (nSPS) is 16.5. The molecule has 0 bridgehead atoms. The van der Waals surface area contributed by atoms with Crippen LogP contribution in [0.4, 0.5) is 21.9 Å². The van der Waals surface area contributed by atoms with Crippen LogP contribution in [0, 0.1) is 0 Å². The highest BCUT2D eigenvalue weighted by molar-refractivity contribution is 6.06. The minimum Gasteiger partial charge on any atom is -0.439 e. The van der Waals surface area contributed by atoms with Gasteiger partial charge in [0.15, 0.2) is 0 Å². The second-order valence-electron chi connectivity index (χ2n) is 7.92. The third-order valence-corrected chi connectivity index (χ3v) is 5.84. The lowest BCUT2D eigenvalue weighted by molar-refractivity contribution is -0.121. The number of benzene rings is 2. The van der Waals surface area contributed by atoms with E-state index in [-0.39, 0.29) is 11.9 Å². The standard InChI is InChI=1S/C24H23N5O3/c30-22-24(28-20-9-5-4-8-19(20)27-22)12-14-29(15-13-24)23(31)26-17-10-11-21(25-16-17)32-18-6-2-1-3-7-18/h1-11,16,28H,12-15H2,(H,26,31)(H,27,30). The van der Waals surface area contributed by atoms with E-state index in [1.165, 1.54) is 0 Å². The Bertz CT molecular complexity index is 1130. The molecule has 0 unspecified atom stereocenters. The first kappa shape index (κ1) is 19.9. The maximum absolute atomic E-state index is 12.8. The van der Waals surface area contributed by atoms with Crippen molar-refractivity contribution in [3.8, 4) is 11.6 Å².